The number of pyridine rings is 3. The molecule has 1 aliphatic heterocycles. The SMILES string of the molecule is CC1C(=O)Cc2cccc(n2)-c2cnnn2C(C)C(=O)Nc2cccc(n2)-c2cnnn2C(C)C(=O)Nc2cccc(n2)-c2cnnn21. The van der Waals surface area contributed by atoms with E-state index in [0.29, 0.717) is 39.9 Å². The number of ketones is 1. The largest absolute Gasteiger partial charge is 0.309 e. The van der Waals surface area contributed by atoms with Gasteiger partial charge in [0.25, 0.3) is 0 Å². The Labute approximate surface area is 272 Å². The van der Waals surface area contributed by atoms with Crippen molar-refractivity contribution in [3.63, 3.8) is 0 Å². The van der Waals surface area contributed by atoms with Crippen LogP contribution < -0.4 is 10.6 Å². The van der Waals surface area contributed by atoms with E-state index >= 15 is 0 Å². The van der Waals surface area contributed by atoms with Crippen molar-refractivity contribution in [3.05, 3.63) is 78.9 Å². The van der Waals surface area contributed by atoms with Gasteiger partial charge < -0.3 is 10.6 Å². The van der Waals surface area contributed by atoms with Crippen LogP contribution in [0, 0.1) is 0 Å². The fourth-order valence-electron chi connectivity index (χ4n) is 5.30. The van der Waals surface area contributed by atoms with E-state index < -0.39 is 29.9 Å². The molecule has 2 N–H and O–H groups in total. The number of aromatic nitrogens is 12. The van der Waals surface area contributed by atoms with Gasteiger partial charge in [0.05, 0.1) is 42.1 Å². The Morgan fingerprint density at radius 1 is 0.562 bits per heavy atom. The summed E-state index contributed by atoms with van der Waals surface area (Å²) in [5, 5.41) is 30.2. The number of Topliss-reactive ketones (excluding diaryl/α,β-unsaturated/α-hetero) is 1. The van der Waals surface area contributed by atoms with Gasteiger partial charge in [-0.25, -0.2) is 24.0 Å². The van der Waals surface area contributed by atoms with Gasteiger partial charge in [0, 0.05) is 5.69 Å². The summed E-state index contributed by atoms with van der Waals surface area (Å²) in [5.74, 6) is -0.435. The molecule has 7 rings (SSSR count). The Morgan fingerprint density at radius 2 is 0.979 bits per heavy atom. The Hall–Kier alpha value is -6.52. The molecule has 6 aromatic heterocycles. The van der Waals surface area contributed by atoms with E-state index in [2.05, 4.69) is 51.5 Å². The summed E-state index contributed by atoms with van der Waals surface area (Å²) in [6, 6.07) is 13.2. The van der Waals surface area contributed by atoms with Gasteiger partial charge in [0.15, 0.2) is 5.78 Å². The van der Waals surface area contributed by atoms with E-state index in [1.807, 2.05) is 0 Å². The van der Waals surface area contributed by atoms with Gasteiger partial charge in [-0.1, -0.05) is 33.8 Å². The average molecular weight is 645 g/mol. The molecule has 0 radical (unpaired) electrons. The number of nitrogens with zero attached hydrogens (tertiary/aromatic N) is 12. The van der Waals surface area contributed by atoms with Crippen LogP contribution in [0.25, 0.3) is 34.2 Å². The van der Waals surface area contributed by atoms with Gasteiger partial charge in [-0.15, -0.1) is 15.3 Å². The molecule has 240 valence electrons. The van der Waals surface area contributed by atoms with Crippen LogP contribution in [-0.2, 0) is 20.8 Å². The maximum atomic E-state index is 13.5. The van der Waals surface area contributed by atoms with Crippen LogP contribution in [0.1, 0.15) is 44.6 Å². The molecule has 0 aromatic carbocycles. The molecule has 6 aromatic rings. The van der Waals surface area contributed by atoms with Crippen molar-refractivity contribution in [3.8, 4) is 34.2 Å². The molecule has 6 bridgehead atoms. The lowest BCUT2D eigenvalue weighted by Crippen LogP contribution is -2.26. The van der Waals surface area contributed by atoms with Crippen LogP contribution in [0.2, 0.25) is 0 Å². The van der Waals surface area contributed by atoms with Gasteiger partial charge >= 0.3 is 0 Å². The molecule has 0 saturated heterocycles. The number of rotatable bonds is 0. The van der Waals surface area contributed by atoms with E-state index in [1.54, 1.807) is 75.4 Å². The number of hydrogen-bond donors (Lipinski definition) is 2. The van der Waals surface area contributed by atoms with Crippen molar-refractivity contribution in [2.75, 3.05) is 10.6 Å². The Balaban J connectivity index is 1.30. The Morgan fingerprint density at radius 3 is 1.46 bits per heavy atom. The third-order valence-electron chi connectivity index (χ3n) is 8.00. The Bertz CT molecular complexity index is 1930. The summed E-state index contributed by atoms with van der Waals surface area (Å²) in [4.78, 5) is 54.3. The molecule has 17 heteroatoms. The maximum absolute atomic E-state index is 13.5. The van der Waals surface area contributed by atoms with E-state index in [0.717, 1.165) is 0 Å². The third-order valence-corrected chi connectivity index (χ3v) is 8.00. The van der Waals surface area contributed by atoms with E-state index in [9.17, 15) is 14.4 Å². The van der Waals surface area contributed by atoms with Crippen LogP contribution in [0.3, 0.4) is 0 Å². The van der Waals surface area contributed by atoms with Crippen LogP contribution >= 0.6 is 0 Å². The van der Waals surface area contributed by atoms with E-state index in [4.69, 9.17) is 4.98 Å². The van der Waals surface area contributed by atoms with Gasteiger partial charge in [-0.2, -0.15) is 0 Å². The summed E-state index contributed by atoms with van der Waals surface area (Å²) < 4.78 is 4.38. The van der Waals surface area contributed by atoms with Gasteiger partial charge in [0.1, 0.15) is 46.8 Å². The summed E-state index contributed by atoms with van der Waals surface area (Å²) >= 11 is 0. The molecule has 48 heavy (non-hydrogen) atoms. The highest BCUT2D eigenvalue weighted by molar-refractivity contribution is 5.94. The molecule has 0 saturated carbocycles. The molecule has 3 unspecified atom stereocenters. The number of hydrogen-bond acceptors (Lipinski definition) is 12. The van der Waals surface area contributed by atoms with Crippen LogP contribution in [0.4, 0.5) is 11.6 Å². The molecule has 1 aliphatic rings. The fourth-order valence-corrected chi connectivity index (χ4v) is 5.30. The number of fused-ring (bicyclic) bond motifs is 12. The molecule has 17 nitrogen and oxygen atoms in total. The zero-order chi connectivity index (χ0) is 33.4. The van der Waals surface area contributed by atoms with Crippen LogP contribution in [0.5, 0.6) is 0 Å². The molecular formula is C31H28N14O3. The number of anilines is 2. The number of nitrogens with one attached hydrogen (secondary N) is 2. The molecule has 3 atom stereocenters. The molecule has 0 fully saturated rings. The monoisotopic (exact) mass is 644 g/mol. The molecule has 2 amide bonds. The molecular weight excluding hydrogens is 616 g/mol. The second-order valence-electron chi connectivity index (χ2n) is 11.2. The van der Waals surface area contributed by atoms with Gasteiger partial charge in [-0.05, 0) is 57.2 Å². The topological polar surface area (TPSA) is 206 Å². The van der Waals surface area contributed by atoms with E-state index in [1.165, 1.54) is 32.6 Å². The van der Waals surface area contributed by atoms with Crippen LogP contribution in [0.15, 0.2) is 73.2 Å². The second kappa shape index (κ2) is 12.3. The van der Waals surface area contributed by atoms with E-state index in [-0.39, 0.29) is 23.8 Å². The summed E-state index contributed by atoms with van der Waals surface area (Å²) in [6.07, 6.45) is 4.51. The highest BCUT2D eigenvalue weighted by Gasteiger charge is 2.26. The highest BCUT2D eigenvalue weighted by atomic mass is 16.2. The summed E-state index contributed by atoms with van der Waals surface area (Å²) in [7, 11) is 0. The minimum atomic E-state index is -0.820. The number of carbonyl (C=O) groups is 3. The predicted molar refractivity (Wildman–Crippen MR) is 170 cm³/mol. The lowest BCUT2D eigenvalue weighted by molar-refractivity contribution is -0.121. The van der Waals surface area contributed by atoms with Crippen molar-refractivity contribution in [2.24, 2.45) is 0 Å². The minimum absolute atomic E-state index is 0.000387. The smallest absolute Gasteiger partial charge is 0.250 e. The quantitative estimate of drug-likeness (QED) is 0.245. The Kier molecular flexibility index (Phi) is 7.76. The first-order chi connectivity index (χ1) is 23.3. The first kappa shape index (κ1) is 30.2. The zero-order valence-electron chi connectivity index (χ0n) is 26.0. The van der Waals surface area contributed by atoms with Crippen molar-refractivity contribution >= 4 is 29.2 Å². The fraction of sp³-hybridized carbons (Fsp3) is 0.226. The first-order valence-corrected chi connectivity index (χ1v) is 15.0. The number of amides is 2. The highest BCUT2D eigenvalue weighted by Crippen LogP contribution is 2.26. The van der Waals surface area contributed by atoms with Crippen molar-refractivity contribution in [1.29, 1.82) is 0 Å². The summed E-state index contributed by atoms with van der Waals surface area (Å²) in [6.45, 7) is 5.07. The molecule has 7 heterocycles. The summed E-state index contributed by atoms with van der Waals surface area (Å²) in [5.41, 5.74) is 3.33. The zero-order valence-corrected chi connectivity index (χ0v) is 26.0. The lowest BCUT2D eigenvalue weighted by atomic mass is 10.1. The van der Waals surface area contributed by atoms with Crippen molar-refractivity contribution < 1.29 is 14.4 Å². The average Bonchev–Trinajstić information content (AvgIpc) is 3.89. The third kappa shape index (κ3) is 5.68. The molecule has 0 spiro atoms. The minimum Gasteiger partial charge on any atom is -0.309 e. The normalized spacial score (nSPS) is 18.5. The van der Waals surface area contributed by atoms with Crippen molar-refractivity contribution in [1.82, 2.24) is 59.9 Å². The molecule has 0 aliphatic carbocycles. The first-order valence-electron chi connectivity index (χ1n) is 15.0. The van der Waals surface area contributed by atoms with Gasteiger partial charge in [0.2, 0.25) is 11.8 Å². The maximum Gasteiger partial charge on any atom is 0.250 e. The van der Waals surface area contributed by atoms with Gasteiger partial charge in [-0.3, -0.25) is 19.4 Å². The lowest BCUT2D eigenvalue weighted by Gasteiger charge is -2.17. The second-order valence-corrected chi connectivity index (χ2v) is 11.2. The number of carbonyl (C=O) groups excluding carboxylic acids is 3. The standard InChI is InChI=1S/C31H28N14O3/c1-17-27(46)13-20-7-4-8-21(35-20)24-14-33-41-44(24)18(2)30(47)39-29-12-6-10-23(37-29)26-16-34-42-45(26)19(3)31(48)38-28-11-5-9-22(36-28)25-15-32-40-43(17)25/h4-12,14-19H,13H2,1-3H3,(H,36,38,48)(H,37,39,47). The predicted octanol–water partition coefficient (Wildman–Crippen LogP) is 2.73. The van der Waals surface area contributed by atoms with Crippen molar-refractivity contribution in [2.45, 2.75) is 45.3 Å². The van der Waals surface area contributed by atoms with Crippen LogP contribution in [-0.4, -0.2) is 77.5 Å².